The van der Waals surface area contributed by atoms with Gasteiger partial charge < -0.3 is 15.3 Å². The maximum Gasteiger partial charge on any atom is 0.326 e. The number of carboxylic acids is 1. The maximum atomic E-state index is 11.8. The fraction of sp³-hybridized carbons (Fsp3) is 0.846. The third kappa shape index (κ3) is 5.89. The van der Waals surface area contributed by atoms with Crippen molar-refractivity contribution in [3.8, 4) is 0 Å². The second-order valence-electron chi connectivity index (χ2n) is 4.72. The van der Waals surface area contributed by atoms with Crippen molar-refractivity contribution in [1.82, 2.24) is 10.2 Å². The minimum atomic E-state index is -0.964. The molecule has 106 valence electrons. The van der Waals surface area contributed by atoms with Crippen LogP contribution in [0, 0.1) is 0 Å². The molecular weight excluding hydrogens is 232 g/mol. The van der Waals surface area contributed by atoms with Gasteiger partial charge in [0.05, 0.1) is 0 Å². The quantitative estimate of drug-likeness (QED) is 0.657. The van der Waals surface area contributed by atoms with Gasteiger partial charge in [0, 0.05) is 13.1 Å². The van der Waals surface area contributed by atoms with E-state index in [1.807, 2.05) is 6.92 Å². The molecule has 2 N–H and O–H groups in total. The van der Waals surface area contributed by atoms with E-state index in [9.17, 15) is 9.59 Å². The smallest absolute Gasteiger partial charge is 0.326 e. The largest absolute Gasteiger partial charge is 0.480 e. The van der Waals surface area contributed by atoms with Crippen molar-refractivity contribution in [3.63, 3.8) is 0 Å². The summed E-state index contributed by atoms with van der Waals surface area (Å²) in [4.78, 5) is 24.1. The molecule has 0 spiro atoms. The molecule has 0 heterocycles. The van der Waals surface area contributed by atoms with Crippen molar-refractivity contribution < 1.29 is 14.7 Å². The third-order valence-corrected chi connectivity index (χ3v) is 3.07. The van der Waals surface area contributed by atoms with Gasteiger partial charge in [0.2, 0.25) is 0 Å². The number of likely N-dealkylation sites (N-methyl/N-ethyl adjacent to an activating group) is 1. The zero-order valence-corrected chi connectivity index (χ0v) is 11.9. The molecule has 0 fully saturated rings. The van der Waals surface area contributed by atoms with Crippen molar-refractivity contribution in [1.29, 1.82) is 0 Å². The zero-order valence-electron chi connectivity index (χ0n) is 11.9. The lowest BCUT2D eigenvalue weighted by atomic mass is 10.1. The summed E-state index contributed by atoms with van der Waals surface area (Å²) >= 11 is 0. The number of nitrogens with one attached hydrogen (secondary N) is 1. The van der Waals surface area contributed by atoms with Gasteiger partial charge in [0.15, 0.2) is 0 Å². The highest BCUT2D eigenvalue weighted by molar-refractivity contribution is 5.82. The molecule has 0 radical (unpaired) electrons. The molecular formula is C13H26N2O3. The molecule has 18 heavy (non-hydrogen) atoms. The van der Waals surface area contributed by atoms with E-state index in [1.54, 1.807) is 6.92 Å². The van der Waals surface area contributed by atoms with Crippen LogP contribution in [0.25, 0.3) is 0 Å². The lowest BCUT2D eigenvalue weighted by molar-refractivity contribution is -0.141. The van der Waals surface area contributed by atoms with Gasteiger partial charge in [-0.3, -0.25) is 0 Å². The van der Waals surface area contributed by atoms with Crippen LogP contribution < -0.4 is 5.32 Å². The highest BCUT2D eigenvalue weighted by Gasteiger charge is 2.25. The Kier molecular flexibility index (Phi) is 8.16. The fourth-order valence-electron chi connectivity index (χ4n) is 1.84. The Morgan fingerprint density at radius 2 is 1.89 bits per heavy atom. The maximum absolute atomic E-state index is 11.8. The number of nitrogens with zero attached hydrogens (tertiary/aromatic N) is 1. The van der Waals surface area contributed by atoms with E-state index < -0.39 is 12.0 Å². The molecule has 2 atom stereocenters. The van der Waals surface area contributed by atoms with Crippen LogP contribution in [-0.4, -0.2) is 41.1 Å². The summed E-state index contributed by atoms with van der Waals surface area (Å²) in [6.07, 6.45) is 4.72. The van der Waals surface area contributed by atoms with Gasteiger partial charge in [-0.2, -0.15) is 0 Å². The van der Waals surface area contributed by atoms with E-state index in [0.29, 0.717) is 6.42 Å². The summed E-state index contributed by atoms with van der Waals surface area (Å²) in [6, 6.07) is -0.987. The molecule has 2 amide bonds. The predicted octanol–water partition coefficient (Wildman–Crippen LogP) is 2.46. The van der Waals surface area contributed by atoms with Gasteiger partial charge in [-0.25, -0.2) is 9.59 Å². The average molecular weight is 258 g/mol. The summed E-state index contributed by atoms with van der Waals surface area (Å²) in [5.74, 6) is -0.964. The zero-order chi connectivity index (χ0) is 14.1. The first-order valence-electron chi connectivity index (χ1n) is 6.70. The SMILES string of the molecule is CCCCCC(C)NC(=O)N(C)C(CC)C(=O)O. The minimum Gasteiger partial charge on any atom is -0.480 e. The molecule has 0 aromatic rings. The number of amides is 2. The van der Waals surface area contributed by atoms with Crippen molar-refractivity contribution >= 4 is 12.0 Å². The Morgan fingerprint density at radius 3 is 2.33 bits per heavy atom. The van der Waals surface area contributed by atoms with Crippen LogP contribution >= 0.6 is 0 Å². The number of carboxylic acid groups (broad SMARTS) is 1. The molecule has 0 aliphatic rings. The molecule has 5 nitrogen and oxygen atoms in total. The first kappa shape index (κ1) is 16.7. The Bertz CT molecular complexity index is 269. The minimum absolute atomic E-state index is 0.0813. The van der Waals surface area contributed by atoms with Crippen LogP contribution in [0.15, 0.2) is 0 Å². The number of hydrogen-bond donors (Lipinski definition) is 2. The van der Waals surface area contributed by atoms with E-state index in [0.717, 1.165) is 25.7 Å². The average Bonchev–Trinajstić information content (AvgIpc) is 2.29. The Labute approximate surface area is 110 Å². The van der Waals surface area contributed by atoms with E-state index in [2.05, 4.69) is 12.2 Å². The molecule has 0 rings (SSSR count). The van der Waals surface area contributed by atoms with Gasteiger partial charge in [-0.05, 0) is 19.8 Å². The molecule has 0 bridgehead atoms. The van der Waals surface area contributed by atoms with Crippen LogP contribution in [0.1, 0.15) is 52.9 Å². The van der Waals surface area contributed by atoms with Crippen molar-refractivity contribution in [2.75, 3.05) is 7.05 Å². The number of rotatable bonds is 8. The normalized spacial score (nSPS) is 13.8. The van der Waals surface area contributed by atoms with Crippen LogP contribution in [0.3, 0.4) is 0 Å². The summed E-state index contributed by atoms with van der Waals surface area (Å²) in [6.45, 7) is 5.84. The second kappa shape index (κ2) is 8.78. The third-order valence-electron chi connectivity index (χ3n) is 3.07. The van der Waals surface area contributed by atoms with Gasteiger partial charge in [-0.15, -0.1) is 0 Å². The van der Waals surface area contributed by atoms with Crippen LogP contribution in [0.2, 0.25) is 0 Å². The monoisotopic (exact) mass is 258 g/mol. The summed E-state index contributed by atoms with van der Waals surface area (Å²) in [5, 5.41) is 11.8. The number of unbranched alkanes of at least 4 members (excludes halogenated alkanes) is 2. The summed E-state index contributed by atoms with van der Waals surface area (Å²) in [7, 11) is 1.52. The fourth-order valence-corrected chi connectivity index (χ4v) is 1.84. The highest BCUT2D eigenvalue weighted by Crippen LogP contribution is 2.06. The Morgan fingerprint density at radius 1 is 1.28 bits per heavy atom. The van der Waals surface area contributed by atoms with Gasteiger partial charge in [-0.1, -0.05) is 33.1 Å². The van der Waals surface area contributed by atoms with Gasteiger partial charge >= 0.3 is 12.0 Å². The summed E-state index contributed by atoms with van der Waals surface area (Å²) in [5.41, 5.74) is 0. The first-order valence-corrected chi connectivity index (χ1v) is 6.70. The highest BCUT2D eigenvalue weighted by atomic mass is 16.4. The van der Waals surface area contributed by atoms with Crippen molar-refractivity contribution in [2.45, 2.75) is 65.0 Å². The Balaban J connectivity index is 4.17. The van der Waals surface area contributed by atoms with Crippen molar-refractivity contribution in [2.24, 2.45) is 0 Å². The van der Waals surface area contributed by atoms with Crippen molar-refractivity contribution in [3.05, 3.63) is 0 Å². The topological polar surface area (TPSA) is 69.6 Å². The van der Waals surface area contributed by atoms with E-state index in [1.165, 1.54) is 11.9 Å². The van der Waals surface area contributed by atoms with E-state index in [4.69, 9.17) is 5.11 Å². The van der Waals surface area contributed by atoms with E-state index >= 15 is 0 Å². The molecule has 0 aromatic carbocycles. The number of aliphatic carboxylic acids is 1. The predicted molar refractivity (Wildman–Crippen MR) is 71.6 cm³/mol. The standard InChI is InChI=1S/C13H26N2O3/c1-5-7-8-9-10(3)14-13(18)15(4)11(6-2)12(16)17/h10-11H,5-9H2,1-4H3,(H,14,18)(H,16,17). The number of hydrogen-bond acceptors (Lipinski definition) is 2. The number of carbonyl (C=O) groups is 2. The summed E-state index contributed by atoms with van der Waals surface area (Å²) < 4.78 is 0. The van der Waals surface area contributed by atoms with E-state index in [-0.39, 0.29) is 12.1 Å². The molecule has 0 aliphatic heterocycles. The second-order valence-corrected chi connectivity index (χ2v) is 4.72. The molecule has 0 saturated carbocycles. The molecule has 0 aromatic heterocycles. The molecule has 2 unspecified atom stereocenters. The first-order chi connectivity index (χ1) is 8.43. The lowest BCUT2D eigenvalue weighted by Crippen LogP contribution is -2.49. The Hall–Kier alpha value is -1.26. The van der Waals surface area contributed by atoms with Crippen LogP contribution in [0.4, 0.5) is 4.79 Å². The van der Waals surface area contributed by atoms with Gasteiger partial charge in [0.1, 0.15) is 6.04 Å². The van der Waals surface area contributed by atoms with Gasteiger partial charge in [0.25, 0.3) is 0 Å². The van der Waals surface area contributed by atoms with Crippen LogP contribution in [-0.2, 0) is 4.79 Å². The molecule has 5 heteroatoms. The molecule has 0 aliphatic carbocycles. The molecule has 0 saturated heterocycles. The lowest BCUT2D eigenvalue weighted by Gasteiger charge is -2.26. The number of carbonyl (C=O) groups excluding carboxylic acids is 1. The van der Waals surface area contributed by atoms with Crippen LogP contribution in [0.5, 0.6) is 0 Å². The number of urea groups is 1.